The van der Waals surface area contributed by atoms with E-state index in [1.807, 2.05) is 17.9 Å². The highest BCUT2D eigenvalue weighted by Gasteiger charge is 2.30. The van der Waals surface area contributed by atoms with Crippen LogP contribution in [0.2, 0.25) is 0 Å². The van der Waals surface area contributed by atoms with Crippen molar-refractivity contribution in [2.24, 2.45) is 13.0 Å². The second-order valence-electron chi connectivity index (χ2n) is 6.14. The fourth-order valence-electron chi connectivity index (χ4n) is 3.76. The predicted molar refractivity (Wildman–Crippen MR) is 76.9 cm³/mol. The van der Waals surface area contributed by atoms with Crippen molar-refractivity contribution in [1.82, 2.24) is 20.0 Å². The third-order valence-electron chi connectivity index (χ3n) is 4.74. The molecule has 2 fully saturated rings. The molecule has 3 heterocycles. The van der Waals surface area contributed by atoms with Crippen molar-refractivity contribution in [3.63, 3.8) is 0 Å². The van der Waals surface area contributed by atoms with Crippen molar-refractivity contribution in [3.05, 3.63) is 18.0 Å². The van der Waals surface area contributed by atoms with E-state index in [0.29, 0.717) is 0 Å². The van der Waals surface area contributed by atoms with Gasteiger partial charge < -0.3 is 5.32 Å². The molecular formula is C15H26N4. The van der Waals surface area contributed by atoms with Crippen LogP contribution in [0.3, 0.4) is 0 Å². The normalized spacial score (nSPS) is 26.7. The zero-order valence-electron chi connectivity index (χ0n) is 12.0. The summed E-state index contributed by atoms with van der Waals surface area (Å²) in [5, 5.41) is 7.79. The van der Waals surface area contributed by atoms with Crippen molar-refractivity contribution < 1.29 is 0 Å². The summed E-state index contributed by atoms with van der Waals surface area (Å²) in [5.74, 6) is 0.901. The highest BCUT2D eigenvalue weighted by Crippen LogP contribution is 2.29. The monoisotopic (exact) mass is 262 g/mol. The van der Waals surface area contributed by atoms with E-state index in [1.165, 1.54) is 57.3 Å². The quantitative estimate of drug-likeness (QED) is 0.901. The summed E-state index contributed by atoms with van der Waals surface area (Å²) in [7, 11) is 2.00. The molecule has 2 saturated heterocycles. The summed E-state index contributed by atoms with van der Waals surface area (Å²) in [5.41, 5.74) is 1.36. The molecule has 4 heteroatoms. The Morgan fingerprint density at radius 2 is 2.11 bits per heavy atom. The molecule has 0 saturated carbocycles. The molecule has 1 aromatic heterocycles. The van der Waals surface area contributed by atoms with E-state index in [-0.39, 0.29) is 0 Å². The van der Waals surface area contributed by atoms with Gasteiger partial charge in [-0.3, -0.25) is 9.58 Å². The Labute approximate surface area is 116 Å². The summed E-state index contributed by atoms with van der Waals surface area (Å²) >= 11 is 0. The van der Waals surface area contributed by atoms with Crippen molar-refractivity contribution in [1.29, 1.82) is 0 Å². The van der Waals surface area contributed by atoms with Gasteiger partial charge >= 0.3 is 0 Å². The average molecular weight is 262 g/mol. The number of aromatic nitrogens is 2. The van der Waals surface area contributed by atoms with Crippen LogP contribution in [0.4, 0.5) is 0 Å². The lowest BCUT2D eigenvalue weighted by molar-refractivity contribution is 0.0777. The average Bonchev–Trinajstić information content (AvgIpc) is 2.86. The molecule has 4 nitrogen and oxygen atoms in total. The first kappa shape index (κ1) is 13.1. The largest absolute Gasteiger partial charge is 0.317 e. The first-order chi connectivity index (χ1) is 9.33. The molecule has 0 aliphatic carbocycles. The Hall–Kier alpha value is -0.870. The molecule has 2 aliphatic rings. The van der Waals surface area contributed by atoms with Gasteiger partial charge in [-0.15, -0.1) is 0 Å². The van der Waals surface area contributed by atoms with Gasteiger partial charge in [0.25, 0.3) is 0 Å². The van der Waals surface area contributed by atoms with Gasteiger partial charge in [0.15, 0.2) is 0 Å². The molecule has 19 heavy (non-hydrogen) atoms. The molecule has 0 radical (unpaired) electrons. The maximum absolute atomic E-state index is 4.30. The van der Waals surface area contributed by atoms with Gasteiger partial charge in [0.2, 0.25) is 0 Å². The molecule has 1 unspecified atom stereocenters. The number of nitrogens with zero attached hydrogens (tertiary/aromatic N) is 3. The lowest BCUT2D eigenvalue weighted by atomic mass is 9.84. The number of piperidine rings is 2. The van der Waals surface area contributed by atoms with E-state index >= 15 is 0 Å². The summed E-state index contributed by atoms with van der Waals surface area (Å²) in [6, 6.07) is 0.802. The Bertz CT molecular complexity index is 395. The summed E-state index contributed by atoms with van der Waals surface area (Å²) in [6.45, 7) is 4.77. The van der Waals surface area contributed by atoms with E-state index < -0.39 is 0 Å². The van der Waals surface area contributed by atoms with Gasteiger partial charge in [-0.1, -0.05) is 6.42 Å². The standard InChI is InChI=1S/C15H26N4/c1-18-11-13(10-17-18)12-19-9-3-2-4-15(19)14-5-7-16-8-6-14/h10-11,14-16H,2-9,12H2,1H3. The molecule has 1 atom stereocenters. The Morgan fingerprint density at radius 1 is 1.26 bits per heavy atom. The molecule has 0 spiro atoms. The van der Waals surface area contributed by atoms with Crippen molar-refractivity contribution in [3.8, 4) is 0 Å². The summed E-state index contributed by atoms with van der Waals surface area (Å²) in [6.07, 6.45) is 11.1. The van der Waals surface area contributed by atoms with Gasteiger partial charge in [-0.25, -0.2) is 0 Å². The summed E-state index contributed by atoms with van der Waals surface area (Å²) in [4.78, 5) is 2.72. The molecule has 0 aromatic carbocycles. The zero-order chi connectivity index (χ0) is 13.1. The Morgan fingerprint density at radius 3 is 2.84 bits per heavy atom. The second kappa shape index (κ2) is 6.06. The molecule has 2 aliphatic heterocycles. The molecule has 1 aromatic rings. The minimum absolute atomic E-state index is 0.802. The van der Waals surface area contributed by atoms with Crippen LogP contribution >= 0.6 is 0 Å². The maximum Gasteiger partial charge on any atom is 0.0534 e. The first-order valence-electron chi connectivity index (χ1n) is 7.75. The molecule has 0 bridgehead atoms. The molecule has 1 N–H and O–H groups in total. The number of likely N-dealkylation sites (tertiary alicyclic amines) is 1. The van der Waals surface area contributed by atoms with Crippen LogP contribution in [-0.2, 0) is 13.6 Å². The van der Waals surface area contributed by atoms with E-state index in [4.69, 9.17) is 0 Å². The number of nitrogens with one attached hydrogen (secondary N) is 1. The lowest BCUT2D eigenvalue weighted by Gasteiger charge is -2.42. The van der Waals surface area contributed by atoms with Crippen LogP contribution in [0.5, 0.6) is 0 Å². The maximum atomic E-state index is 4.30. The smallest absolute Gasteiger partial charge is 0.0534 e. The minimum atomic E-state index is 0.802. The molecule has 0 amide bonds. The first-order valence-corrected chi connectivity index (χ1v) is 7.75. The van der Waals surface area contributed by atoms with E-state index in [2.05, 4.69) is 21.5 Å². The molecule has 106 valence electrons. The Balaban J connectivity index is 1.66. The minimum Gasteiger partial charge on any atom is -0.317 e. The lowest BCUT2D eigenvalue weighted by Crippen LogP contribution is -2.46. The number of hydrogen-bond acceptors (Lipinski definition) is 3. The van der Waals surface area contributed by atoms with Gasteiger partial charge in [-0.2, -0.15) is 5.10 Å². The number of hydrogen-bond donors (Lipinski definition) is 1. The van der Waals surface area contributed by atoms with Gasteiger partial charge in [0.1, 0.15) is 0 Å². The van der Waals surface area contributed by atoms with Gasteiger partial charge in [0.05, 0.1) is 6.20 Å². The van der Waals surface area contributed by atoms with E-state index in [9.17, 15) is 0 Å². The van der Waals surface area contributed by atoms with Crippen LogP contribution in [0.25, 0.3) is 0 Å². The van der Waals surface area contributed by atoms with Gasteiger partial charge in [-0.05, 0) is 51.2 Å². The van der Waals surface area contributed by atoms with E-state index in [0.717, 1.165) is 18.5 Å². The van der Waals surface area contributed by atoms with Gasteiger partial charge in [0, 0.05) is 31.4 Å². The third kappa shape index (κ3) is 3.18. The van der Waals surface area contributed by atoms with Crippen molar-refractivity contribution >= 4 is 0 Å². The molecular weight excluding hydrogens is 236 g/mol. The highest BCUT2D eigenvalue weighted by molar-refractivity contribution is 5.04. The SMILES string of the molecule is Cn1cc(CN2CCCCC2C2CCNCC2)cn1. The summed E-state index contributed by atoms with van der Waals surface area (Å²) < 4.78 is 1.92. The second-order valence-corrected chi connectivity index (χ2v) is 6.14. The van der Waals surface area contributed by atoms with Crippen LogP contribution in [-0.4, -0.2) is 40.4 Å². The topological polar surface area (TPSA) is 33.1 Å². The highest BCUT2D eigenvalue weighted by atomic mass is 15.2. The zero-order valence-corrected chi connectivity index (χ0v) is 12.0. The fourth-order valence-corrected chi connectivity index (χ4v) is 3.76. The van der Waals surface area contributed by atoms with Crippen LogP contribution in [0, 0.1) is 5.92 Å². The third-order valence-corrected chi connectivity index (χ3v) is 4.74. The number of aryl methyl sites for hydroxylation is 1. The van der Waals surface area contributed by atoms with Crippen LogP contribution in [0.15, 0.2) is 12.4 Å². The van der Waals surface area contributed by atoms with Crippen LogP contribution < -0.4 is 5.32 Å². The molecule has 3 rings (SSSR count). The van der Waals surface area contributed by atoms with Crippen molar-refractivity contribution in [2.75, 3.05) is 19.6 Å². The fraction of sp³-hybridized carbons (Fsp3) is 0.800. The van der Waals surface area contributed by atoms with E-state index in [1.54, 1.807) is 0 Å². The van der Waals surface area contributed by atoms with Crippen LogP contribution in [0.1, 0.15) is 37.7 Å². The predicted octanol–water partition coefficient (Wildman–Crippen LogP) is 1.77. The van der Waals surface area contributed by atoms with Crippen molar-refractivity contribution in [2.45, 2.75) is 44.7 Å². The number of rotatable bonds is 3. The Kier molecular flexibility index (Phi) is 4.18.